The van der Waals surface area contributed by atoms with Gasteiger partial charge >= 0.3 is 0 Å². The van der Waals surface area contributed by atoms with E-state index in [0.29, 0.717) is 36.8 Å². The molecule has 0 spiro atoms. The van der Waals surface area contributed by atoms with E-state index in [1.165, 1.54) is 0 Å². The van der Waals surface area contributed by atoms with Gasteiger partial charge in [-0.15, -0.1) is 0 Å². The monoisotopic (exact) mass is 363 g/mol. The Morgan fingerprint density at radius 2 is 1.89 bits per heavy atom. The van der Waals surface area contributed by atoms with Crippen LogP contribution >= 0.6 is 0 Å². The molecule has 138 valence electrons. The fourth-order valence-electron chi connectivity index (χ4n) is 3.39. The van der Waals surface area contributed by atoms with Gasteiger partial charge in [-0.05, 0) is 31.5 Å². The molecule has 1 aliphatic rings. The maximum Gasteiger partial charge on any atom is 0.273 e. The molecule has 3 heterocycles. The maximum absolute atomic E-state index is 12.8. The third-order valence-electron chi connectivity index (χ3n) is 4.68. The van der Waals surface area contributed by atoms with E-state index in [-0.39, 0.29) is 5.91 Å². The van der Waals surface area contributed by atoms with Crippen molar-refractivity contribution in [2.45, 2.75) is 33.0 Å². The molecule has 3 aromatic rings. The lowest BCUT2D eigenvalue weighted by Gasteiger charge is -2.27. The van der Waals surface area contributed by atoms with Gasteiger partial charge in [-0.3, -0.25) is 9.48 Å². The lowest BCUT2D eigenvalue weighted by atomic mass is 10.1. The molecule has 7 nitrogen and oxygen atoms in total. The average Bonchev–Trinajstić information content (AvgIpc) is 3.10. The van der Waals surface area contributed by atoms with Crippen molar-refractivity contribution in [3.63, 3.8) is 0 Å². The van der Waals surface area contributed by atoms with E-state index >= 15 is 0 Å². The number of carbonyl (C=O) groups excluding carboxylic acids is 1. The molecule has 27 heavy (non-hydrogen) atoms. The molecule has 0 radical (unpaired) electrons. The lowest BCUT2D eigenvalue weighted by molar-refractivity contribution is 0.0699. The first kappa shape index (κ1) is 17.4. The van der Waals surface area contributed by atoms with E-state index in [9.17, 15) is 9.90 Å². The van der Waals surface area contributed by atoms with E-state index in [4.69, 9.17) is 0 Å². The highest BCUT2D eigenvalue weighted by Gasteiger charge is 2.26. The summed E-state index contributed by atoms with van der Waals surface area (Å²) in [7, 11) is 0. The number of rotatable bonds is 3. The van der Waals surface area contributed by atoms with Crippen molar-refractivity contribution in [1.82, 2.24) is 24.6 Å². The highest BCUT2D eigenvalue weighted by atomic mass is 16.3. The van der Waals surface area contributed by atoms with Crippen LogP contribution in [0.3, 0.4) is 0 Å². The molecule has 2 aromatic heterocycles. The molecule has 1 N–H and O–H groups in total. The zero-order chi connectivity index (χ0) is 19.0. The molecule has 1 aromatic carbocycles. The molecule has 0 aliphatic carbocycles. The number of carbonyl (C=O) groups is 1. The molecule has 4 rings (SSSR count). The second kappa shape index (κ2) is 6.92. The van der Waals surface area contributed by atoms with E-state index < -0.39 is 6.10 Å². The second-order valence-electron chi connectivity index (χ2n) is 6.77. The van der Waals surface area contributed by atoms with Crippen LogP contribution < -0.4 is 0 Å². The van der Waals surface area contributed by atoms with Gasteiger partial charge in [0, 0.05) is 12.2 Å². The van der Waals surface area contributed by atoms with Crippen molar-refractivity contribution in [1.29, 1.82) is 0 Å². The van der Waals surface area contributed by atoms with Crippen molar-refractivity contribution >= 4 is 5.91 Å². The van der Waals surface area contributed by atoms with Crippen LogP contribution in [-0.4, -0.2) is 42.2 Å². The summed E-state index contributed by atoms with van der Waals surface area (Å²) in [5, 5.41) is 15.1. The van der Waals surface area contributed by atoms with E-state index in [2.05, 4.69) is 15.1 Å². The molecular weight excluding hydrogens is 342 g/mol. The SMILES string of the molecule is Cc1cc(C(=O)N2CCn3nc([C@H](O)c4ccccc4)cc3C2)nc(C)n1. The Morgan fingerprint density at radius 3 is 2.63 bits per heavy atom. The Kier molecular flexibility index (Phi) is 4.45. The highest BCUT2D eigenvalue weighted by Crippen LogP contribution is 2.24. The van der Waals surface area contributed by atoms with Crippen molar-refractivity contribution in [3.8, 4) is 0 Å². The number of aliphatic hydroxyl groups is 1. The van der Waals surface area contributed by atoms with Gasteiger partial charge in [-0.1, -0.05) is 30.3 Å². The molecule has 1 aliphatic heterocycles. The summed E-state index contributed by atoms with van der Waals surface area (Å²) in [6.07, 6.45) is -0.777. The van der Waals surface area contributed by atoms with Gasteiger partial charge in [0.2, 0.25) is 0 Å². The van der Waals surface area contributed by atoms with Gasteiger partial charge < -0.3 is 10.0 Å². The van der Waals surface area contributed by atoms with Gasteiger partial charge in [0.05, 0.1) is 24.5 Å². The van der Waals surface area contributed by atoms with Crippen LogP contribution in [-0.2, 0) is 13.1 Å². The largest absolute Gasteiger partial charge is 0.382 e. The van der Waals surface area contributed by atoms with Crippen LogP contribution in [0, 0.1) is 13.8 Å². The quantitative estimate of drug-likeness (QED) is 0.770. The van der Waals surface area contributed by atoms with Crippen molar-refractivity contribution in [2.75, 3.05) is 6.54 Å². The fourth-order valence-corrected chi connectivity index (χ4v) is 3.39. The van der Waals surface area contributed by atoms with Crippen LogP contribution in [0.5, 0.6) is 0 Å². The summed E-state index contributed by atoms with van der Waals surface area (Å²) < 4.78 is 1.86. The normalized spacial score (nSPS) is 14.7. The van der Waals surface area contributed by atoms with Gasteiger partial charge in [-0.25, -0.2) is 9.97 Å². The number of amides is 1. The predicted molar refractivity (Wildman–Crippen MR) is 99.0 cm³/mol. The first-order chi connectivity index (χ1) is 13.0. The van der Waals surface area contributed by atoms with E-state index in [1.54, 1.807) is 17.9 Å². The van der Waals surface area contributed by atoms with Crippen molar-refractivity contribution in [3.05, 3.63) is 76.6 Å². The number of aryl methyl sites for hydroxylation is 2. The maximum atomic E-state index is 12.8. The smallest absolute Gasteiger partial charge is 0.273 e. The summed E-state index contributed by atoms with van der Waals surface area (Å²) >= 11 is 0. The molecule has 1 amide bonds. The van der Waals surface area contributed by atoms with Crippen molar-refractivity contribution < 1.29 is 9.90 Å². The van der Waals surface area contributed by atoms with Gasteiger partial charge in [0.1, 0.15) is 17.6 Å². The first-order valence-corrected chi connectivity index (χ1v) is 8.92. The minimum Gasteiger partial charge on any atom is -0.382 e. The molecule has 0 unspecified atom stereocenters. The summed E-state index contributed by atoms with van der Waals surface area (Å²) in [4.78, 5) is 23.1. The third-order valence-corrected chi connectivity index (χ3v) is 4.68. The van der Waals surface area contributed by atoms with Crippen LogP contribution in [0.15, 0.2) is 42.5 Å². The minimum atomic E-state index is -0.777. The van der Waals surface area contributed by atoms with Crippen LogP contribution in [0.4, 0.5) is 0 Å². The summed E-state index contributed by atoms with van der Waals surface area (Å²) in [6, 6.07) is 13.0. The topological polar surface area (TPSA) is 84.1 Å². The molecule has 0 saturated carbocycles. The standard InChI is InChI=1S/C20H21N5O2/c1-13-10-18(22-14(2)21-13)20(27)24-8-9-25-16(12-24)11-17(23-25)19(26)15-6-4-3-5-7-15/h3-7,10-11,19,26H,8-9,12H2,1-2H3/t19-/m1/s1. The third kappa shape index (κ3) is 3.46. The Labute approximate surface area is 157 Å². The Bertz CT molecular complexity index is 963. The Balaban J connectivity index is 1.55. The molecule has 0 saturated heterocycles. The lowest BCUT2D eigenvalue weighted by Crippen LogP contribution is -2.38. The zero-order valence-electron chi connectivity index (χ0n) is 15.3. The molecule has 7 heteroatoms. The summed E-state index contributed by atoms with van der Waals surface area (Å²) in [6.45, 7) is 5.22. The Hall–Kier alpha value is -3.06. The highest BCUT2D eigenvalue weighted by molar-refractivity contribution is 5.92. The van der Waals surface area contributed by atoms with Gasteiger partial charge in [0.25, 0.3) is 5.91 Å². The first-order valence-electron chi connectivity index (χ1n) is 8.92. The second-order valence-corrected chi connectivity index (χ2v) is 6.77. The number of aromatic nitrogens is 4. The summed E-state index contributed by atoms with van der Waals surface area (Å²) in [5.74, 6) is 0.481. The van der Waals surface area contributed by atoms with E-state index in [0.717, 1.165) is 17.0 Å². The minimum absolute atomic E-state index is 0.110. The number of aliphatic hydroxyl groups excluding tert-OH is 1. The van der Waals surface area contributed by atoms with Crippen molar-refractivity contribution in [2.24, 2.45) is 0 Å². The van der Waals surface area contributed by atoms with E-state index in [1.807, 2.05) is 48.0 Å². The molecule has 0 fully saturated rings. The number of benzene rings is 1. The number of nitrogens with zero attached hydrogens (tertiary/aromatic N) is 5. The molecular formula is C20H21N5O2. The van der Waals surface area contributed by atoms with Crippen LogP contribution in [0.2, 0.25) is 0 Å². The number of hydrogen-bond donors (Lipinski definition) is 1. The average molecular weight is 363 g/mol. The summed E-state index contributed by atoms with van der Waals surface area (Å²) in [5.41, 5.74) is 3.49. The predicted octanol–water partition coefficient (Wildman–Crippen LogP) is 2.03. The number of fused-ring (bicyclic) bond motifs is 1. The fraction of sp³-hybridized carbons (Fsp3) is 0.300. The number of hydrogen-bond acceptors (Lipinski definition) is 5. The van der Waals surface area contributed by atoms with Crippen LogP contribution in [0.1, 0.15) is 45.1 Å². The molecule has 1 atom stereocenters. The zero-order valence-corrected chi connectivity index (χ0v) is 15.3. The van der Waals surface area contributed by atoms with Gasteiger partial charge in [0.15, 0.2) is 0 Å². The van der Waals surface area contributed by atoms with Crippen LogP contribution in [0.25, 0.3) is 0 Å². The Morgan fingerprint density at radius 1 is 1.11 bits per heavy atom. The van der Waals surface area contributed by atoms with Gasteiger partial charge in [-0.2, -0.15) is 5.10 Å². The molecule has 0 bridgehead atoms.